The van der Waals surface area contributed by atoms with E-state index in [4.69, 9.17) is 5.73 Å². The lowest BCUT2D eigenvalue weighted by atomic mass is 10.1. The first-order valence-electron chi connectivity index (χ1n) is 11.8. The van der Waals surface area contributed by atoms with Gasteiger partial charge in [0.1, 0.15) is 29.1 Å². The van der Waals surface area contributed by atoms with E-state index in [1.54, 1.807) is 26.5 Å². The molecule has 186 valence electrons. The molecule has 5 heterocycles. The molecule has 0 bridgehead atoms. The van der Waals surface area contributed by atoms with E-state index in [0.29, 0.717) is 34.5 Å². The number of rotatable bonds is 5. The van der Waals surface area contributed by atoms with Gasteiger partial charge in [-0.3, -0.25) is 13.9 Å². The first-order valence-corrected chi connectivity index (χ1v) is 11.8. The number of benzene rings is 1. The van der Waals surface area contributed by atoms with Gasteiger partial charge in [-0.1, -0.05) is 0 Å². The lowest BCUT2D eigenvalue weighted by Gasteiger charge is -2.20. The zero-order valence-electron chi connectivity index (χ0n) is 20.6. The van der Waals surface area contributed by atoms with E-state index in [2.05, 4.69) is 20.1 Å². The van der Waals surface area contributed by atoms with Crippen molar-refractivity contribution in [2.24, 2.45) is 7.05 Å². The van der Waals surface area contributed by atoms with Gasteiger partial charge in [-0.2, -0.15) is 5.10 Å². The van der Waals surface area contributed by atoms with Crippen molar-refractivity contribution < 1.29 is 9.18 Å². The van der Waals surface area contributed by atoms with Crippen molar-refractivity contribution in [3.05, 3.63) is 78.1 Å². The SMILES string of the molecule is CCN(Cc1cn2cc(-c3cnn(C)c3)ccc2n1)C(=O)c1cc2c(cc1F)nc(N)c1c(C)ncn12. The van der Waals surface area contributed by atoms with E-state index in [-0.39, 0.29) is 17.9 Å². The highest BCUT2D eigenvalue weighted by Crippen LogP contribution is 2.26. The first kappa shape index (κ1) is 22.7. The summed E-state index contributed by atoms with van der Waals surface area (Å²) in [6.45, 7) is 4.29. The minimum Gasteiger partial charge on any atom is -0.382 e. The molecule has 0 saturated carbocycles. The molecule has 0 unspecified atom stereocenters. The molecule has 1 amide bonds. The normalized spacial score (nSPS) is 11.7. The molecule has 5 aromatic heterocycles. The van der Waals surface area contributed by atoms with Crippen LogP contribution in [0.4, 0.5) is 10.2 Å². The fourth-order valence-electron chi connectivity index (χ4n) is 4.66. The van der Waals surface area contributed by atoms with Gasteiger partial charge >= 0.3 is 0 Å². The van der Waals surface area contributed by atoms with Crippen LogP contribution in [0.1, 0.15) is 28.7 Å². The van der Waals surface area contributed by atoms with Crippen molar-refractivity contribution in [1.82, 2.24) is 38.4 Å². The third-order valence-electron chi connectivity index (χ3n) is 6.55. The second kappa shape index (κ2) is 8.40. The smallest absolute Gasteiger partial charge is 0.257 e. The number of carbonyl (C=O) groups is 1. The molecular weight excluding hydrogens is 473 g/mol. The Hall–Kier alpha value is -4.80. The Kier molecular flexibility index (Phi) is 5.14. The van der Waals surface area contributed by atoms with Gasteiger partial charge in [0.25, 0.3) is 5.91 Å². The fourth-order valence-corrected chi connectivity index (χ4v) is 4.66. The minimum absolute atomic E-state index is 0.0452. The van der Waals surface area contributed by atoms with E-state index in [9.17, 15) is 4.79 Å². The number of aromatic nitrogens is 7. The van der Waals surface area contributed by atoms with Crippen LogP contribution in [0.25, 0.3) is 33.3 Å². The molecule has 6 aromatic rings. The second-order valence-electron chi connectivity index (χ2n) is 9.00. The van der Waals surface area contributed by atoms with Crippen LogP contribution in [0.15, 0.2) is 55.4 Å². The quantitative estimate of drug-likeness (QED) is 0.389. The van der Waals surface area contributed by atoms with Crippen LogP contribution in [0.3, 0.4) is 0 Å². The third-order valence-corrected chi connectivity index (χ3v) is 6.55. The van der Waals surface area contributed by atoms with E-state index in [1.165, 1.54) is 12.1 Å². The van der Waals surface area contributed by atoms with Crippen LogP contribution < -0.4 is 5.73 Å². The number of fused-ring (bicyclic) bond motifs is 4. The minimum atomic E-state index is -0.657. The van der Waals surface area contributed by atoms with Gasteiger partial charge in [-0.05, 0) is 32.0 Å². The summed E-state index contributed by atoms with van der Waals surface area (Å²) in [5.74, 6) is -0.832. The van der Waals surface area contributed by atoms with Gasteiger partial charge in [0, 0.05) is 49.4 Å². The predicted molar refractivity (Wildman–Crippen MR) is 137 cm³/mol. The number of pyridine rings is 1. The number of hydrogen-bond donors (Lipinski definition) is 1. The summed E-state index contributed by atoms with van der Waals surface area (Å²) in [4.78, 5) is 28.3. The number of halogens is 1. The molecule has 0 saturated heterocycles. The maximum absolute atomic E-state index is 15.1. The summed E-state index contributed by atoms with van der Waals surface area (Å²) in [5, 5.41) is 4.23. The first-order chi connectivity index (χ1) is 17.8. The van der Waals surface area contributed by atoms with Crippen molar-refractivity contribution >= 4 is 33.9 Å². The lowest BCUT2D eigenvalue weighted by Crippen LogP contribution is -2.31. The molecule has 0 fully saturated rings. The van der Waals surface area contributed by atoms with Gasteiger partial charge in [0.05, 0.1) is 40.7 Å². The maximum atomic E-state index is 15.1. The summed E-state index contributed by atoms with van der Waals surface area (Å²) in [6, 6.07) is 6.66. The molecule has 2 N–H and O–H groups in total. The summed E-state index contributed by atoms with van der Waals surface area (Å²) < 4.78 is 20.5. The second-order valence-corrected chi connectivity index (χ2v) is 9.00. The molecule has 0 spiro atoms. The van der Waals surface area contributed by atoms with E-state index >= 15 is 4.39 Å². The Morgan fingerprint density at radius 3 is 2.73 bits per heavy atom. The van der Waals surface area contributed by atoms with Gasteiger partial charge in [-0.25, -0.2) is 19.3 Å². The maximum Gasteiger partial charge on any atom is 0.257 e. The van der Waals surface area contributed by atoms with Crippen molar-refractivity contribution in [1.29, 1.82) is 0 Å². The van der Waals surface area contributed by atoms with Gasteiger partial charge < -0.3 is 15.0 Å². The number of nitrogens with two attached hydrogens (primary N) is 1. The lowest BCUT2D eigenvalue weighted by molar-refractivity contribution is 0.0746. The number of amides is 1. The molecule has 6 rings (SSSR count). The third kappa shape index (κ3) is 3.75. The van der Waals surface area contributed by atoms with E-state index in [1.807, 2.05) is 56.0 Å². The van der Waals surface area contributed by atoms with Gasteiger partial charge in [0.15, 0.2) is 0 Å². The van der Waals surface area contributed by atoms with E-state index < -0.39 is 11.7 Å². The highest BCUT2D eigenvalue weighted by Gasteiger charge is 2.22. The molecule has 0 radical (unpaired) electrons. The Labute approximate surface area is 210 Å². The molecule has 0 aliphatic heterocycles. The molecule has 10 nitrogen and oxygen atoms in total. The number of imidazole rings is 2. The zero-order valence-corrected chi connectivity index (χ0v) is 20.6. The highest BCUT2D eigenvalue weighted by atomic mass is 19.1. The van der Waals surface area contributed by atoms with Crippen molar-refractivity contribution in [3.8, 4) is 11.1 Å². The highest BCUT2D eigenvalue weighted by molar-refractivity contribution is 5.98. The molecule has 37 heavy (non-hydrogen) atoms. The Balaban J connectivity index is 1.33. The number of nitrogens with zero attached hydrogens (tertiary/aromatic N) is 8. The topological polar surface area (TPSA) is 112 Å². The summed E-state index contributed by atoms with van der Waals surface area (Å²) in [6.07, 6.45) is 9.20. The zero-order chi connectivity index (χ0) is 25.8. The van der Waals surface area contributed by atoms with Gasteiger partial charge in [0.2, 0.25) is 0 Å². The fraction of sp³-hybridized carbons (Fsp3) is 0.192. The predicted octanol–water partition coefficient (Wildman–Crippen LogP) is 3.62. The monoisotopic (exact) mass is 497 g/mol. The number of anilines is 1. The van der Waals surface area contributed by atoms with Crippen molar-refractivity contribution in [2.75, 3.05) is 12.3 Å². The van der Waals surface area contributed by atoms with Crippen LogP contribution in [0.2, 0.25) is 0 Å². The molecule has 0 aliphatic carbocycles. The largest absolute Gasteiger partial charge is 0.382 e. The van der Waals surface area contributed by atoms with Crippen LogP contribution in [0.5, 0.6) is 0 Å². The molecule has 1 aromatic carbocycles. The Morgan fingerprint density at radius 1 is 1.14 bits per heavy atom. The van der Waals surface area contributed by atoms with Crippen LogP contribution in [-0.4, -0.2) is 50.9 Å². The number of aryl methyl sites for hydroxylation is 2. The average molecular weight is 498 g/mol. The number of nitrogen functional groups attached to an aromatic ring is 1. The Morgan fingerprint density at radius 2 is 1.97 bits per heavy atom. The molecule has 0 aliphatic rings. The van der Waals surface area contributed by atoms with Crippen molar-refractivity contribution in [2.45, 2.75) is 20.4 Å². The molecular formula is C26H24FN9O. The van der Waals surface area contributed by atoms with Crippen LogP contribution >= 0.6 is 0 Å². The van der Waals surface area contributed by atoms with Crippen LogP contribution in [0, 0.1) is 12.7 Å². The number of hydrogen-bond acceptors (Lipinski definition) is 6. The summed E-state index contributed by atoms with van der Waals surface area (Å²) in [5.41, 5.74) is 11.7. The molecule has 0 atom stereocenters. The summed E-state index contributed by atoms with van der Waals surface area (Å²) >= 11 is 0. The van der Waals surface area contributed by atoms with Crippen molar-refractivity contribution in [3.63, 3.8) is 0 Å². The van der Waals surface area contributed by atoms with Crippen LogP contribution in [-0.2, 0) is 13.6 Å². The molecule has 11 heteroatoms. The Bertz CT molecular complexity index is 1830. The number of carbonyl (C=O) groups excluding carboxylic acids is 1. The average Bonchev–Trinajstić information content (AvgIpc) is 3.59. The van der Waals surface area contributed by atoms with Gasteiger partial charge in [-0.15, -0.1) is 0 Å². The summed E-state index contributed by atoms with van der Waals surface area (Å²) in [7, 11) is 1.87. The van der Waals surface area contributed by atoms with E-state index in [0.717, 1.165) is 16.8 Å². The standard InChI is InChI=1S/C26H24FN9O/c1-4-34(12-18-13-35-11-16(5-6-23(35)31-18)17-9-30-33(3)10-17)26(37)19-7-22-21(8-20(19)27)32-25(28)24-15(2)29-14-36(22)24/h5-11,13-14H,4,12H2,1-3H3,(H2,28,32).